The summed E-state index contributed by atoms with van der Waals surface area (Å²) in [5, 5.41) is 4.76. The first-order valence-corrected chi connectivity index (χ1v) is 11.4. The van der Waals surface area contributed by atoms with Crippen LogP contribution in [0.3, 0.4) is 0 Å². The van der Waals surface area contributed by atoms with Gasteiger partial charge in [0, 0.05) is 32.4 Å². The van der Waals surface area contributed by atoms with Crippen LogP contribution >= 0.6 is 0 Å². The summed E-state index contributed by atoms with van der Waals surface area (Å²) in [6, 6.07) is 5.29. The third kappa shape index (κ3) is 5.82. The maximum atomic E-state index is 12.6. The first kappa shape index (κ1) is 28.7. The third-order valence-corrected chi connectivity index (χ3v) is 6.28. The van der Waals surface area contributed by atoms with Gasteiger partial charge in [0.15, 0.2) is 10.3 Å². The molecule has 0 radical (unpaired) electrons. The van der Waals surface area contributed by atoms with Gasteiger partial charge in [0.05, 0.1) is 13.0 Å². The number of nitrogens with one attached hydrogen (secondary N) is 2. The van der Waals surface area contributed by atoms with Gasteiger partial charge in [0.25, 0.3) is 5.91 Å². The first-order chi connectivity index (χ1) is 15.9. The fourth-order valence-electron chi connectivity index (χ4n) is 3.52. The molecule has 16 heteroatoms. The maximum Gasteiger partial charge on any atom is 1.00 e. The molecular weight excluding hydrogens is 497 g/mol. The number of urea groups is 1. The van der Waals surface area contributed by atoms with Crippen molar-refractivity contribution in [2.45, 2.75) is 19.1 Å². The Kier molecular flexibility index (Phi) is 9.02. The number of imide groups is 1. The van der Waals surface area contributed by atoms with Gasteiger partial charge in [-0.05, 0) is 18.6 Å². The molecule has 2 aliphatic rings. The molecule has 2 aliphatic heterocycles. The van der Waals surface area contributed by atoms with E-state index in [0.717, 1.165) is 12.0 Å². The Hall–Kier alpha value is -2.56. The number of hydrogen-bond donors (Lipinski definition) is 2. The van der Waals surface area contributed by atoms with E-state index in [1.807, 2.05) is 0 Å². The molecule has 0 aromatic heterocycles. The van der Waals surface area contributed by atoms with E-state index < -0.39 is 52.2 Å². The van der Waals surface area contributed by atoms with E-state index in [9.17, 15) is 36.9 Å². The van der Waals surface area contributed by atoms with E-state index >= 15 is 0 Å². The fraction of sp³-hybridized carbons (Fsp3) is 0.421. The molecule has 1 aromatic rings. The average molecular weight is 519 g/mol. The number of likely N-dealkylation sites (N-methyl/N-ethyl adjacent to an activating group) is 1. The van der Waals surface area contributed by atoms with Crippen molar-refractivity contribution in [3.63, 3.8) is 0 Å². The van der Waals surface area contributed by atoms with Gasteiger partial charge in [0.2, 0.25) is 11.6 Å². The smallest absolute Gasteiger partial charge is 0.731 e. The van der Waals surface area contributed by atoms with Crippen molar-refractivity contribution in [3.8, 4) is 0 Å². The Labute approximate surface area is 223 Å². The zero-order valence-electron chi connectivity index (χ0n) is 19.3. The van der Waals surface area contributed by atoms with Crippen molar-refractivity contribution in [2.75, 3.05) is 38.6 Å². The van der Waals surface area contributed by atoms with Crippen LogP contribution in [0.2, 0.25) is 0 Å². The van der Waals surface area contributed by atoms with Gasteiger partial charge in [-0.2, -0.15) is 0 Å². The molecule has 2 N–H and O–H groups in total. The number of carbonyl (C=O) groups is 5. The van der Waals surface area contributed by atoms with Crippen LogP contribution in [0.5, 0.6) is 0 Å². The zero-order valence-corrected chi connectivity index (χ0v) is 22.1. The molecule has 1 atom stereocenters. The minimum atomic E-state index is -5.04. The quantitative estimate of drug-likeness (QED) is 0.117. The molecule has 2 heterocycles. The molecular formula is C19H22N5NaO9S. The molecule has 0 spiro atoms. The van der Waals surface area contributed by atoms with Gasteiger partial charge >= 0.3 is 47.4 Å². The summed E-state index contributed by atoms with van der Waals surface area (Å²) in [4.78, 5) is 63.7. The van der Waals surface area contributed by atoms with Crippen LogP contribution in [0.4, 0.5) is 10.5 Å². The number of carbonyl (C=O) groups excluding carboxylic acids is 5. The van der Waals surface area contributed by atoms with Crippen molar-refractivity contribution in [2.24, 2.45) is 0 Å². The van der Waals surface area contributed by atoms with Crippen LogP contribution in [0.25, 0.3) is 0 Å². The van der Waals surface area contributed by atoms with E-state index in [2.05, 4.69) is 10.6 Å². The zero-order chi connectivity index (χ0) is 25.3. The number of amides is 6. The molecule has 0 saturated carbocycles. The van der Waals surface area contributed by atoms with Gasteiger partial charge in [-0.15, -0.1) is 0 Å². The summed E-state index contributed by atoms with van der Waals surface area (Å²) >= 11 is 0. The number of para-hydroxylation sites is 1. The number of anilines is 1. The normalized spacial score (nSPS) is 20.2. The number of benzene rings is 1. The summed E-state index contributed by atoms with van der Waals surface area (Å²) in [6.07, 6.45) is -0.366. The van der Waals surface area contributed by atoms with Crippen LogP contribution in [-0.4, -0.2) is 95.7 Å². The Morgan fingerprint density at radius 3 is 2.37 bits per heavy atom. The second kappa shape index (κ2) is 11.0. The number of β-lactam (4-membered cyclic amide) rings is 1. The monoisotopic (exact) mass is 519 g/mol. The number of methoxy groups -OCH3 is 1. The van der Waals surface area contributed by atoms with Gasteiger partial charge in [-0.1, -0.05) is 18.2 Å². The van der Waals surface area contributed by atoms with Crippen molar-refractivity contribution in [1.29, 1.82) is 0 Å². The molecule has 0 aliphatic carbocycles. The molecule has 1 aromatic carbocycles. The maximum absolute atomic E-state index is 12.6. The number of piperazine rings is 1. The SMILES string of the molecule is CCN1CCN(C(=O)Nc2ccccc2CC(=O)NC2(OC)CN(S(=O)(=O)[O-])C2=O)C(=O)C1=O.[Na+]. The number of rotatable bonds is 7. The van der Waals surface area contributed by atoms with Crippen LogP contribution in [0.1, 0.15) is 12.5 Å². The van der Waals surface area contributed by atoms with E-state index in [4.69, 9.17) is 4.74 Å². The van der Waals surface area contributed by atoms with Crippen molar-refractivity contribution < 1.29 is 71.2 Å². The van der Waals surface area contributed by atoms with Gasteiger partial charge in [0.1, 0.15) is 0 Å². The van der Waals surface area contributed by atoms with Gasteiger partial charge in [-0.3, -0.25) is 24.1 Å². The molecule has 35 heavy (non-hydrogen) atoms. The number of hydrogen-bond acceptors (Lipinski definition) is 9. The van der Waals surface area contributed by atoms with Crippen LogP contribution in [0, 0.1) is 0 Å². The van der Waals surface area contributed by atoms with Gasteiger partial charge in [-0.25, -0.2) is 17.5 Å². The summed E-state index contributed by atoms with van der Waals surface area (Å²) in [5.74, 6) is -3.75. The van der Waals surface area contributed by atoms with Crippen molar-refractivity contribution in [3.05, 3.63) is 29.8 Å². The summed E-state index contributed by atoms with van der Waals surface area (Å²) in [5.41, 5.74) is -1.53. The Morgan fingerprint density at radius 1 is 1.14 bits per heavy atom. The second-order valence-electron chi connectivity index (χ2n) is 7.45. The summed E-state index contributed by atoms with van der Waals surface area (Å²) < 4.78 is 38.1. The second-order valence-corrected chi connectivity index (χ2v) is 8.75. The predicted molar refractivity (Wildman–Crippen MR) is 112 cm³/mol. The number of ether oxygens (including phenoxy) is 1. The fourth-order valence-corrected chi connectivity index (χ4v) is 4.21. The largest absolute Gasteiger partial charge is 1.00 e. The average Bonchev–Trinajstić information content (AvgIpc) is 2.78. The molecule has 2 saturated heterocycles. The Balaban J connectivity index is 0.00000432. The van der Waals surface area contributed by atoms with Crippen LogP contribution in [-0.2, 0) is 40.6 Å². The van der Waals surface area contributed by atoms with Crippen molar-refractivity contribution in [1.82, 2.24) is 19.4 Å². The van der Waals surface area contributed by atoms with Gasteiger partial charge < -0.3 is 24.8 Å². The molecule has 0 bridgehead atoms. The Bertz CT molecular complexity index is 1160. The van der Waals surface area contributed by atoms with E-state index in [1.165, 1.54) is 17.0 Å². The third-order valence-electron chi connectivity index (χ3n) is 5.44. The molecule has 6 amide bonds. The van der Waals surface area contributed by atoms with Crippen LogP contribution < -0.4 is 40.2 Å². The summed E-state index contributed by atoms with van der Waals surface area (Å²) in [7, 11) is -3.97. The molecule has 2 fully saturated rings. The molecule has 1 unspecified atom stereocenters. The topological polar surface area (TPSA) is 186 Å². The minimum Gasteiger partial charge on any atom is -0.731 e. The first-order valence-electron chi connectivity index (χ1n) is 10.1. The molecule has 184 valence electrons. The van der Waals surface area contributed by atoms with E-state index in [0.29, 0.717) is 12.1 Å². The summed E-state index contributed by atoms with van der Waals surface area (Å²) in [6.45, 7) is 1.57. The van der Waals surface area contributed by atoms with Crippen molar-refractivity contribution >= 4 is 45.7 Å². The molecule has 3 rings (SSSR count). The van der Waals surface area contributed by atoms with Crippen LogP contribution in [0.15, 0.2) is 24.3 Å². The van der Waals surface area contributed by atoms with E-state index in [1.54, 1.807) is 19.1 Å². The standard InChI is InChI=1S/C19H23N5O9S.Na/c1-3-22-8-9-23(16(27)15(22)26)18(29)20-13-7-5-4-6-12(13)10-14(25)21-19(33-2)11-24(17(19)28)34(30,31)32;/h4-7H,3,8-11H2,1-2H3,(H,20,29)(H,21,25)(H,30,31,32);/q;+1/p-1. The Morgan fingerprint density at radius 2 is 1.80 bits per heavy atom. The molecule has 14 nitrogen and oxygen atoms in total. The number of nitrogens with zero attached hydrogens (tertiary/aromatic N) is 3. The minimum absolute atomic E-state index is 0. The predicted octanol–water partition coefficient (Wildman–Crippen LogP) is -4.78. The van der Waals surface area contributed by atoms with E-state index in [-0.39, 0.29) is 59.1 Å².